The first-order valence-electron chi connectivity index (χ1n) is 13.7. The number of para-hydroxylation sites is 2. The number of fused-ring (bicyclic) bond motifs is 5. The fourth-order valence-corrected chi connectivity index (χ4v) is 7.07. The minimum atomic E-state index is -1.62. The van der Waals surface area contributed by atoms with Crippen LogP contribution in [0.1, 0.15) is 55.0 Å². The summed E-state index contributed by atoms with van der Waals surface area (Å²) in [7, 11) is 0. The summed E-state index contributed by atoms with van der Waals surface area (Å²) in [6, 6.07) is 25.6. The van der Waals surface area contributed by atoms with Crippen molar-refractivity contribution in [2.24, 2.45) is 5.41 Å². The highest BCUT2D eigenvalue weighted by Crippen LogP contribution is 2.61. The first kappa shape index (κ1) is 25.1. The molecule has 1 saturated heterocycles. The van der Waals surface area contributed by atoms with Crippen molar-refractivity contribution in [3.63, 3.8) is 0 Å². The molecule has 41 heavy (non-hydrogen) atoms. The second-order valence-corrected chi connectivity index (χ2v) is 10.6. The number of hydrogen-bond acceptors (Lipinski definition) is 5. The zero-order chi connectivity index (χ0) is 28.3. The van der Waals surface area contributed by atoms with Gasteiger partial charge >= 0.3 is 0 Å². The molecule has 0 radical (unpaired) electrons. The Labute approximate surface area is 236 Å². The summed E-state index contributed by atoms with van der Waals surface area (Å²) in [6.45, 7) is 2.23. The molecule has 7 rings (SSSR count). The van der Waals surface area contributed by atoms with E-state index in [1.807, 2.05) is 72.5 Å². The van der Waals surface area contributed by atoms with Crippen molar-refractivity contribution in [2.75, 3.05) is 11.5 Å². The summed E-state index contributed by atoms with van der Waals surface area (Å²) < 4.78 is 20.0. The molecule has 4 aromatic carbocycles. The molecule has 1 aliphatic carbocycles. The lowest BCUT2D eigenvalue weighted by molar-refractivity contribution is 0.0664. The SMILES string of the molecule is CCOc1ccccc1[C@H]1[C@H](C(=O)c2ccc(F)cc2)N2c3ccccc3C=CC2C12C(=O)c1ccccc1C2=O. The summed E-state index contributed by atoms with van der Waals surface area (Å²) >= 11 is 0. The van der Waals surface area contributed by atoms with Crippen LogP contribution in [0.25, 0.3) is 6.08 Å². The van der Waals surface area contributed by atoms with E-state index < -0.39 is 29.2 Å². The maximum atomic E-state index is 14.7. The van der Waals surface area contributed by atoms with E-state index in [1.165, 1.54) is 24.3 Å². The third-order valence-electron chi connectivity index (χ3n) is 8.66. The molecule has 1 spiro atoms. The van der Waals surface area contributed by atoms with Crippen LogP contribution in [0.3, 0.4) is 0 Å². The molecule has 4 aromatic rings. The average Bonchev–Trinajstić information content (AvgIpc) is 3.44. The van der Waals surface area contributed by atoms with Crippen molar-refractivity contribution < 1.29 is 23.5 Å². The number of ketones is 3. The second kappa shape index (κ2) is 9.37. The standard InChI is InChI=1S/C35H26FNO4/c1-2-41-28-14-8-6-12-26(28)30-31(32(38)22-15-18-23(36)19-16-22)37-27-13-7-3-9-21(27)17-20-29(37)35(30)33(39)24-10-4-5-11-25(24)34(35)40/h3-20,29-31H,2H2,1H3/t29?,30-,31+/m0/s1. The number of rotatable bonds is 5. The largest absolute Gasteiger partial charge is 0.494 e. The zero-order valence-electron chi connectivity index (χ0n) is 22.3. The molecule has 2 aliphatic heterocycles. The molecule has 202 valence electrons. The van der Waals surface area contributed by atoms with Gasteiger partial charge in [-0.3, -0.25) is 14.4 Å². The minimum Gasteiger partial charge on any atom is -0.494 e. The Morgan fingerprint density at radius 3 is 2.20 bits per heavy atom. The van der Waals surface area contributed by atoms with Crippen LogP contribution in [0, 0.1) is 11.2 Å². The number of halogens is 1. The molecule has 0 saturated carbocycles. The molecule has 0 N–H and O–H groups in total. The predicted molar refractivity (Wildman–Crippen MR) is 154 cm³/mol. The van der Waals surface area contributed by atoms with E-state index >= 15 is 0 Å². The average molecular weight is 544 g/mol. The van der Waals surface area contributed by atoms with Gasteiger partial charge in [0.2, 0.25) is 0 Å². The number of anilines is 1. The highest BCUT2D eigenvalue weighted by atomic mass is 19.1. The molecule has 3 atom stereocenters. The Morgan fingerprint density at radius 1 is 0.854 bits per heavy atom. The number of nitrogens with zero attached hydrogens (tertiary/aromatic N) is 1. The zero-order valence-corrected chi connectivity index (χ0v) is 22.3. The molecular weight excluding hydrogens is 517 g/mol. The van der Waals surface area contributed by atoms with Gasteiger partial charge in [0, 0.05) is 33.9 Å². The van der Waals surface area contributed by atoms with Crippen molar-refractivity contribution >= 4 is 29.1 Å². The summed E-state index contributed by atoms with van der Waals surface area (Å²) in [5.41, 5.74) is 1.65. The van der Waals surface area contributed by atoms with Crippen molar-refractivity contribution in [2.45, 2.75) is 24.9 Å². The third kappa shape index (κ3) is 3.43. The number of carbonyl (C=O) groups is 3. The first-order chi connectivity index (χ1) is 20.0. The Balaban J connectivity index is 1.56. The van der Waals surface area contributed by atoms with Gasteiger partial charge in [-0.1, -0.05) is 72.8 Å². The van der Waals surface area contributed by atoms with E-state index in [1.54, 1.807) is 24.3 Å². The Kier molecular flexibility index (Phi) is 5.75. The second-order valence-electron chi connectivity index (χ2n) is 10.6. The molecule has 0 bridgehead atoms. The van der Waals surface area contributed by atoms with E-state index in [4.69, 9.17) is 4.74 Å². The van der Waals surface area contributed by atoms with Crippen LogP contribution < -0.4 is 9.64 Å². The minimum absolute atomic E-state index is 0.300. The molecular formula is C35H26FNO4. The van der Waals surface area contributed by atoms with Gasteiger partial charge in [0.05, 0.1) is 12.6 Å². The van der Waals surface area contributed by atoms with E-state index in [2.05, 4.69) is 0 Å². The molecule has 5 nitrogen and oxygen atoms in total. The van der Waals surface area contributed by atoms with Crippen molar-refractivity contribution in [3.8, 4) is 5.75 Å². The Hall–Kier alpha value is -4.84. The maximum Gasteiger partial charge on any atom is 0.185 e. The van der Waals surface area contributed by atoms with Crippen LogP contribution in [0.2, 0.25) is 0 Å². The van der Waals surface area contributed by atoms with Crippen LogP contribution in [-0.2, 0) is 0 Å². The fourth-order valence-electron chi connectivity index (χ4n) is 7.07. The smallest absolute Gasteiger partial charge is 0.185 e. The molecule has 1 fully saturated rings. The van der Waals surface area contributed by atoms with Crippen LogP contribution in [0.4, 0.5) is 10.1 Å². The molecule has 1 unspecified atom stereocenters. The van der Waals surface area contributed by atoms with Crippen LogP contribution in [-0.4, -0.2) is 36.0 Å². The number of carbonyl (C=O) groups excluding carboxylic acids is 3. The third-order valence-corrected chi connectivity index (χ3v) is 8.66. The molecule has 3 aliphatic rings. The summed E-state index contributed by atoms with van der Waals surface area (Å²) in [5.74, 6) is -1.74. The molecule has 0 aromatic heterocycles. The van der Waals surface area contributed by atoms with Crippen molar-refractivity contribution in [1.82, 2.24) is 0 Å². The molecule has 2 heterocycles. The summed E-state index contributed by atoms with van der Waals surface area (Å²) in [5, 5.41) is 0. The van der Waals surface area contributed by atoms with E-state index in [0.29, 0.717) is 34.6 Å². The molecule has 6 heteroatoms. The fraction of sp³-hybridized carbons (Fsp3) is 0.171. The maximum absolute atomic E-state index is 14.7. The van der Waals surface area contributed by atoms with Crippen LogP contribution >= 0.6 is 0 Å². The number of ether oxygens (including phenoxy) is 1. The summed E-state index contributed by atoms with van der Waals surface area (Å²) in [6.07, 6.45) is 3.82. The summed E-state index contributed by atoms with van der Waals surface area (Å²) in [4.78, 5) is 46.0. The van der Waals surface area contributed by atoms with Gasteiger partial charge in [-0.2, -0.15) is 0 Å². The quantitative estimate of drug-likeness (QED) is 0.211. The number of benzene rings is 4. The lowest BCUT2D eigenvalue weighted by Crippen LogP contribution is -2.48. The van der Waals surface area contributed by atoms with Crippen LogP contribution in [0.5, 0.6) is 5.75 Å². The van der Waals surface area contributed by atoms with Crippen molar-refractivity contribution in [1.29, 1.82) is 0 Å². The highest BCUT2D eigenvalue weighted by molar-refractivity contribution is 6.32. The monoisotopic (exact) mass is 543 g/mol. The van der Waals surface area contributed by atoms with Gasteiger partial charge in [-0.25, -0.2) is 4.39 Å². The first-order valence-corrected chi connectivity index (χ1v) is 13.7. The van der Waals surface area contributed by atoms with E-state index in [9.17, 15) is 18.8 Å². The Bertz CT molecular complexity index is 1720. The lowest BCUT2D eigenvalue weighted by atomic mass is 9.64. The lowest BCUT2D eigenvalue weighted by Gasteiger charge is -2.37. The predicted octanol–water partition coefficient (Wildman–Crippen LogP) is 6.54. The van der Waals surface area contributed by atoms with Gasteiger partial charge < -0.3 is 9.64 Å². The van der Waals surface area contributed by atoms with Crippen molar-refractivity contribution in [3.05, 3.63) is 137 Å². The van der Waals surface area contributed by atoms with E-state index in [0.717, 1.165) is 11.3 Å². The topological polar surface area (TPSA) is 63.7 Å². The van der Waals surface area contributed by atoms with Gasteiger partial charge in [-0.15, -0.1) is 0 Å². The molecule has 0 amide bonds. The van der Waals surface area contributed by atoms with Gasteiger partial charge in [0.15, 0.2) is 17.3 Å². The number of Topliss-reactive ketones (excluding diaryl/α,β-unsaturated/α-hetero) is 3. The normalized spacial score (nSPS) is 21.5. The van der Waals surface area contributed by atoms with E-state index in [-0.39, 0.29) is 17.3 Å². The number of hydrogen-bond donors (Lipinski definition) is 0. The highest BCUT2D eigenvalue weighted by Gasteiger charge is 2.71. The van der Waals surface area contributed by atoms with Gasteiger partial charge in [0.25, 0.3) is 0 Å². The van der Waals surface area contributed by atoms with Crippen LogP contribution in [0.15, 0.2) is 103 Å². The Morgan fingerprint density at radius 2 is 1.49 bits per heavy atom. The van der Waals surface area contributed by atoms with Gasteiger partial charge in [0.1, 0.15) is 23.0 Å². The van der Waals surface area contributed by atoms with Gasteiger partial charge in [-0.05, 0) is 48.9 Å².